The Bertz CT molecular complexity index is 579. The van der Waals surface area contributed by atoms with Crippen LogP contribution in [0.2, 0.25) is 0 Å². The Kier molecular flexibility index (Phi) is 7.73. The first-order valence-corrected chi connectivity index (χ1v) is 8.67. The summed E-state index contributed by atoms with van der Waals surface area (Å²) in [5.74, 6) is 0.279. The monoisotopic (exact) mass is 324 g/mol. The minimum Gasteiger partial charge on any atom is -0.392 e. The predicted molar refractivity (Wildman–Crippen MR) is 99.7 cm³/mol. The van der Waals surface area contributed by atoms with Gasteiger partial charge in [-0.15, -0.1) is 6.58 Å². The Balaban J connectivity index is 1.77. The number of aliphatic hydroxyl groups excluding tert-OH is 1. The molecule has 2 aromatic carbocycles. The summed E-state index contributed by atoms with van der Waals surface area (Å²) in [6.07, 6.45) is 3.10. The van der Waals surface area contributed by atoms with Crippen LogP contribution in [0.4, 0.5) is 0 Å². The van der Waals surface area contributed by atoms with Gasteiger partial charge >= 0.3 is 0 Å². The maximum absolute atomic E-state index is 10.5. The fourth-order valence-corrected chi connectivity index (χ4v) is 2.97. The van der Waals surface area contributed by atoms with Gasteiger partial charge in [0.1, 0.15) is 0 Å². The van der Waals surface area contributed by atoms with Gasteiger partial charge in [0.05, 0.1) is 19.3 Å². The molecule has 0 radical (unpaired) electrons. The van der Waals surface area contributed by atoms with E-state index in [9.17, 15) is 5.11 Å². The first kappa shape index (κ1) is 18.4. The van der Waals surface area contributed by atoms with E-state index in [4.69, 9.17) is 4.74 Å². The number of rotatable bonds is 10. The van der Waals surface area contributed by atoms with Gasteiger partial charge in [-0.1, -0.05) is 73.7 Å². The number of hydrogen-bond acceptors (Lipinski definition) is 2. The van der Waals surface area contributed by atoms with Gasteiger partial charge in [0.15, 0.2) is 0 Å². The molecule has 0 fully saturated rings. The third kappa shape index (κ3) is 5.95. The average Bonchev–Trinajstić information content (AvgIpc) is 2.62. The molecule has 24 heavy (non-hydrogen) atoms. The maximum Gasteiger partial charge on any atom is 0.0717 e. The third-order valence-corrected chi connectivity index (χ3v) is 4.44. The molecular weight excluding hydrogens is 296 g/mol. The lowest BCUT2D eigenvalue weighted by molar-refractivity contribution is 0.0362. The standard InChI is InChI=1S/C22H28O2/c1-3-21(22(23)15-14-19-10-6-4-7-11-19)18(2)16-24-17-20-12-8-5-9-13-20/h3-13,18,21-23H,1,14-17H2,2H3/t18-,21+,22-/m1/s1. The van der Waals surface area contributed by atoms with Crippen molar-refractivity contribution >= 4 is 0 Å². The van der Waals surface area contributed by atoms with Crippen molar-refractivity contribution in [1.82, 2.24) is 0 Å². The highest BCUT2D eigenvalue weighted by atomic mass is 16.5. The van der Waals surface area contributed by atoms with Crippen LogP contribution in [0.15, 0.2) is 73.3 Å². The average molecular weight is 324 g/mol. The van der Waals surface area contributed by atoms with E-state index < -0.39 is 6.10 Å². The van der Waals surface area contributed by atoms with Crippen molar-refractivity contribution in [2.24, 2.45) is 11.8 Å². The fourth-order valence-electron chi connectivity index (χ4n) is 2.97. The lowest BCUT2D eigenvalue weighted by Gasteiger charge is -2.26. The van der Waals surface area contributed by atoms with Crippen LogP contribution in [-0.4, -0.2) is 17.8 Å². The number of hydrogen-bond donors (Lipinski definition) is 1. The van der Waals surface area contributed by atoms with E-state index >= 15 is 0 Å². The Labute approximate surface area is 145 Å². The maximum atomic E-state index is 10.5. The minimum absolute atomic E-state index is 0.0458. The molecule has 0 bridgehead atoms. The van der Waals surface area contributed by atoms with Crippen LogP contribution in [0.1, 0.15) is 24.5 Å². The van der Waals surface area contributed by atoms with E-state index in [-0.39, 0.29) is 11.8 Å². The van der Waals surface area contributed by atoms with Crippen molar-refractivity contribution < 1.29 is 9.84 Å². The molecule has 0 aliphatic carbocycles. The van der Waals surface area contributed by atoms with Gasteiger partial charge < -0.3 is 9.84 Å². The highest BCUT2D eigenvalue weighted by molar-refractivity contribution is 5.15. The summed E-state index contributed by atoms with van der Waals surface area (Å²) in [5.41, 5.74) is 2.43. The van der Waals surface area contributed by atoms with Gasteiger partial charge in [0, 0.05) is 5.92 Å². The second kappa shape index (κ2) is 10.1. The van der Waals surface area contributed by atoms with Gasteiger partial charge in [-0.25, -0.2) is 0 Å². The number of aliphatic hydroxyl groups is 1. The van der Waals surface area contributed by atoms with Crippen molar-refractivity contribution in [2.45, 2.75) is 32.5 Å². The Morgan fingerprint density at radius 3 is 2.17 bits per heavy atom. The Morgan fingerprint density at radius 1 is 1.00 bits per heavy atom. The molecule has 3 atom stereocenters. The van der Waals surface area contributed by atoms with Crippen LogP contribution in [0.25, 0.3) is 0 Å². The molecule has 2 heteroatoms. The summed E-state index contributed by atoms with van der Waals surface area (Å²) in [7, 11) is 0. The van der Waals surface area contributed by atoms with Crippen LogP contribution in [-0.2, 0) is 17.8 Å². The van der Waals surface area contributed by atoms with Crippen LogP contribution < -0.4 is 0 Å². The second-order valence-electron chi connectivity index (χ2n) is 6.38. The molecule has 2 nitrogen and oxygen atoms in total. The van der Waals surface area contributed by atoms with E-state index in [0.29, 0.717) is 13.2 Å². The summed E-state index contributed by atoms with van der Waals surface area (Å²) in [5, 5.41) is 10.5. The highest BCUT2D eigenvalue weighted by Gasteiger charge is 2.22. The lowest BCUT2D eigenvalue weighted by Crippen LogP contribution is -2.28. The van der Waals surface area contributed by atoms with Gasteiger partial charge in [0.2, 0.25) is 0 Å². The largest absolute Gasteiger partial charge is 0.392 e. The number of ether oxygens (including phenoxy) is 1. The molecule has 0 aliphatic heterocycles. The van der Waals surface area contributed by atoms with Crippen LogP contribution in [0.5, 0.6) is 0 Å². The summed E-state index contributed by atoms with van der Waals surface area (Å²) in [6.45, 7) is 7.25. The smallest absolute Gasteiger partial charge is 0.0717 e. The van der Waals surface area contributed by atoms with Crippen LogP contribution in [0, 0.1) is 11.8 Å². The van der Waals surface area contributed by atoms with Crippen molar-refractivity contribution in [2.75, 3.05) is 6.61 Å². The summed E-state index contributed by atoms with van der Waals surface area (Å²) < 4.78 is 5.82. The van der Waals surface area contributed by atoms with Crippen molar-refractivity contribution in [3.05, 3.63) is 84.4 Å². The quantitative estimate of drug-likeness (QED) is 0.645. The molecule has 128 valence electrons. The minimum atomic E-state index is -0.391. The van der Waals surface area contributed by atoms with Crippen molar-refractivity contribution in [3.8, 4) is 0 Å². The van der Waals surface area contributed by atoms with E-state index in [1.165, 1.54) is 11.1 Å². The Hall–Kier alpha value is -1.90. The van der Waals surface area contributed by atoms with Gasteiger partial charge in [-0.05, 0) is 29.9 Å². The molecule has 2 aromatic rings. The molecule has 0 saturated heterocycles. The van der Waals surface area contributed by atoms with Crippen molar-refractivity contribution in [1.29, 1.82) is 0 Å². The normalized spacial score (nSPS) is 14.8. The second-order valence-corrected chi connectivity index (χ2v) is 6.38. The first-order valence-electron chi connectivity index (χ1n) is 8.67. The topological polar surface area (TPSA) is 29.5 Å². The van der Waals surface area contributed by atoms with Crippen LogP contribution >= 0.6 is 0 Å². The highest BCUT2D eigenvalue weighted by Crippen LogP contribution is 2.22. The van der Waals surface area contributed by atoms with E-state index in [1.807, 2.05) is 42.5 Å². The SMILES string of the molecule is C=C[C@@H]([C@H](C)COCc1ccccc1)[C@H](O)CCc1ccccc1. The molecule has 0 heterocycles. The zero-order chi connectivity index (χ0) is 17.2. The molecular formula is C22H28O2. The summed E-state index contributed by atoms with van der Waals surface area (Å²) in [4.78, 5) is 0. The van der Waals surface area contributed by atoms with E-state index in [2.05, 4.69) is 37.8 Å². The number of aryl methyl sites for hydroxylation is 1. The van der Waals surface area contributed by atoms with E-state index in [1.54, 1.807) is 0 Å². The predicted octanol–water partition coefficient (Wildman–Crippen LogP) is 4.64. The summed E-state index contributed by atoms with van der Waals surface area (Å²) in [6, 6.07) is 20.4. The molecule has 0 amide bonds. The lowest BCUT2D eigenvalue weighted by atomic mass is 9.86. The van der Waals surface area contributed by atoms with Crippen LogP contribution in [0.3, 0.4) is 0 Å². The molecule has 0 unspecified atom stereocenters. The van der Waals surface area contributed by atoms with E-state index in [0.717, 1.165) is 12.8 Å². The molecule has 0 saturated carbocycles. The number of benzene rings is 2. The van der Waals surface area contributed by atoms with Gasteiger partial charge in [0.25, 0.3) is 0 Å². The zero-order valence-electron chi connectivity index (χ0n) is 14.5. The molecule has 0 aromatic heterocycles. The van der Waals surface area contributed by atoms with Crippen molar-refractivity contribution in [3.63, 3.8) is 0 Å². The molecule has 0 aliphatic rings. The fraction of sp³-hybridized carbons (Fsp3) is 0.364. The van der Waals surface area contributed by atoms with Gasteiger partial charge in [-0.2, -0.15) is 0 Å². The third-order valence-electron chi connectivity index (χ3n) is 4.44. The zero-order valence-corrected chi connectivity index (χ0v) is 14.5. The summed E-state index contributed by atoms with van der Waals surface area (Å²) >= 11 is 0. The first-order chi connectivity index (χ1) is 11.7. The Morgan fingerprint density at radius 2 is 1.58 bits per heavy atom. The molecule has 0 spiro atoms. The van der Waals surface area contributed by atoms with Gasteiger partial charge in [-0.3, -0.25) is 0 Å². The molecule has 2 rings (SSSR count). The molecule has 1 N–H and O–H groups in total.